The highest BCUT2D eigenvalue weighted by Crippen LogP contribution is 2.24. The highest BCUT2D eigenvalue weighted by Gasteiger charge is 2.22. The predicted octanol–water partition coefficient (Wildman–Crippen LogP) is 1.96. The number of nitrogens with one attached hydrogen (secondary N) is 2. The third kappa shape index (κ3) is 3.96. The zero-order chi connectivity index (χ0) is 13.5. The first-order chi connectivity index (χ1) is 9.31. The Hall–Kier alpha value is -1.55. The number of unbranched alkanes of at least 4 members (excludes halogenated alkanes) is 1. The molecule has 4 heteroatoms. The fourth-order valence-corrected chi connectivity index (χ4v) is 2.34. The van der Waals surface area contributed by atoms with Gasteiger partial charge in [0.15, 0.2) is 0 Å². The van der Waals surface area contributed by atoms with E-state index in [4.69, 9.17) is 4.74 Å². The summed E-state index contributed by atoms with van der Waals surface area (Å²) >= 11 is 0. The molecular weight excluding hydrogens is 240 g/mol. The molecule has 104 valence electrons. The minimum atomic E-state index is -0.0997. The largest absolute Gasteiger partial charge is 0.385 e. The first-order valence-corrected chi connectivity index (χ1v) is 6.92. The average Bonchev–Trinajstić information content (AvgIpc) is 2.46. The molecular formula is C15H22N2O2. The van der Waals surface area contributed by atoms with Crippen molar-refractivity contribution in [2.75, 3.05) is 25.6 Å². The lowest BCUT2D eigenvalue weighted by Gasteiger charge is -2.26. The molecule has 2 N–H and O–H groups in total. The monoisotopic (exact) mass is 262 g/mol. The van der Waals surface area contributed by atoms with Gasteiger partial charge in [-0.3, -0.25) is 4.79 Å². The Morgan fingerprint density at radius 3 is 3.11 bits per heavy atom. The molecule has 0 saturated carbocycles. The fourth-order valence-electron chi connectivity index (χ4n) is 2.34. The van der Waals surface area contributed by atoms with E-state index in [9.17, 15) is 4.79 Å². The molecule has 1 heterocycles. The molecule has 0 spiro atoms. The number of para-hydroxylation sites is 1. The van der Waals surface area contributed by atoms with Gasteiger partial charge in [-0.2, -0.15) is 0 Å². The summed E-state index contributed by atoms with van der Waals surface area (Å²) in [6, 6.07) is 8.08. The van der Waals surface area contributed by atoms with Crippen molar-refractivity contribution in [3.8, 4) is 0 Å². The molecule has 1 aromatic carbocycles. The number of amides is 1. The normalized spacial score (nSPS) is 17.4. The molecule has 0 aromatic heterocycles. The summed E-state index contributed by atoms with van der Waals surface area (Å²) in [5, 5.41) is 6.30. The van der Waals surface area contributed by atoms with Gasteiger partial charge in [0.05, 0.1) is 0 Å². The number of carbonyl (C=O) groups is 1. The summed E-state index contributed by atoms with van der Waals surface area (Å²) in [7, 11) is 1.70. The lowest BCUT2D eigenvalue weighted by molar-refractivity contribution is -0.122. The van der Waals surface area contributed by atoms with Crippen LogP contribution in [0.5, 0.6) is 0 Å². The highest BCUT2D eigenvalue weighted by molar-refractivity contribution is 5.85. The molecule has 1 aromatic rings. The number of hydrogen-bond acceptors (Lipinski definition) is 3. The standard InChI is InChI=1S/C15H22N2O2/c1-19-11-5-4-10-16-15(18)14-9-8-12-6-2-3-7-13(12)17-14/h2-3,6-7,14,17H,4-5,8-11H2,1H3,(H,16,18). The van der Waals surface area contributed by atoms with Crippen LogP contribution in [0.15, 0.2) is 24.3 Å². The number of ether oxygens (including phenoxy) is 1. The molecule has 4 nitrogen and oxygen atoms in total. The van der Waals surface area contributed by atoms with E-state index >= 15 is 0 Å². The number of aryl methyl sites for hydroxylation is 1. The maximum Gasteiger partial charge on any atom is 0.242 e. The second kappa shape index (κ2) is 7.14. The number of anilines is 1. The van der Waals surface area contributed by atoms with E-state index < -0.39 is 0 Å². The van der Waals surface area contributed by atoms with Gasteiger partial charge in [0.2, 0.25) is 5.91 Å². The Bertz CT molecular complexity index is 420. The van der Waals surface area contributed by atoms with Gasteiger partial charge >= 0.3 is 0 Å². The van der Waals surface area contributed by atoms with Crippen molar-refractivity contribution in [2.24, 2.45) is 0 Å². The van der Waals surface area contributed by atoms with Crippen LogP contribution >= 0.6 is 0 Å². The number of rotatable bonds is 6. The third-order valence-electron chi connectivity index (χ3n) is 3.44. The van der Waals surface area contributed by atoms with Crippen LogP contribution in [-0.4, -0.2) is 32.2 Å². The van der Waals surface area contributed by atoms with Crippen molar-refractivity contribution in [1.29, 1.82) is 0 Å². The summed E-state index contributed by atoms with van der Waals surface area (Å²) in [6.45, 7) is 1.48. The summed E-state index contributed by atoms with van der Waals surface area (Å²) in [4.78, 5) is 12.0. The van der Waals surface area contributed by atoms with Gasteiger partial charge in [-0.1, -0.05) is 18.2 Å². The van der Waals surface area contributed by atoms with Crippen LogP contribution in [0.4, 0.5) is 5.69 Å². The smallest absolute Gasteiger partial charge is 0.242 e. The lowest BCUT2D eigenvalue weighted by atomic mass is 9.98. The second-order valence-electron chi connectivity index (χ2n) is 4.88. The van der Waals surface area contributed by atoms with Gasteiger partial charge < -0.3 is 15.4 Å². The van der Waals surface area contributed by atoms with E-state index in [-0.39, 0.29) is 11.9 Å². The Morgan fingerprint density at radius 2 is 2.26 bits per heavy atom. The topological polar surface area (TPSA) is 50.4 Å². The third-order valence-corrected chi connectivity index (χ3v) is 3.44. The molecule has 0 aliphatic carbocycles. The molecule has 1 unspecified atom stereocenters. The van der Waals surface area contributed by atoms with E-state index in [1.54, 1.807) is 7.11 Å². The molecule has 0 bridgehead atoms. The molecule has 0 radical (unpaired) electrons. The zero-order valence-electron chi connectivity index (χ0n) is 11.4. The molecule has 1 amide bonds. The minimum Gasteiger partial charge on any atom is -0.385 e. The van der Waals surface area contributed by atoms with E-state index in [2.05, 4.69) is 16.7 Å². The Labute approximate surface area is 114 Å². The van der Waals surface area contributed by atoms with Crippen LogP contribution in [-0.2, 0) is 16.0 Å². The van der Waals surface area contributed by atoms with E-state index in [1.165, 1.54) is 5.56 Å². The van der Waals surface area contributed by atoms with E-state index in [0.717, 1.165) is 44.5 Å². The summed E-state index contributed by atoms with van der Waals surface area (Å²) < 4.78 is 4.98. The van der Waals surface area contributed by atoms with Crippen molar-refractivity contribution >= 4 is 11.6 Å². The Morgan fingerprint density at radius 1 is 1.42 bits per heavy atom. The summed E-state index contributed by atoms with van der Waals surface area (Å²) in [5.41, 5.74) is 2.39. The van der Waals surface area contributed by atoms with Crippen LogP contribution in [0.25, 0.3) is 0 Å². The van der Waals surface area contributed by atoms with Gasteiger partial charge in [0.25, 0.3) is 0 Å². The van der Waals surface area contributed by atoms with Crippen LogP contribution in [0.2, 0.25) is 0 Å². The number of benzene rings is 1. The number of fused-ring (bicyclic) bond motifs is 1. The number of methoxy groups -OCH3 is 1. The van der Waals surface area contributed by atoms with Gasteiger partial charge in [-0.15, -0.1) is 0 Å². The molecule has 1 aliphatic heterocycles. The van der Waals surface area contributed by atoms with Crippen molar-refractivity contribution in [2.45, 2.75) is 31.7 Å². The van der Waals surface area contributed by atoms with Gasteiger partial charge in [0.1, 0.15) is 6.04 Å². The van der Waals surface area contributed by atoms with Crippen LogP contribution < -0.4 is 10.6 Å². The molecule has 19 heavy (non-hydrogen) atoms. The highest BCUT2D eigenvalue weighted by atomic mass is 16.5. The van der Waals surface area contributed by atoms with E-state index in [1.807, 2.05) is 18.2 Å². The van der Waals surface area contributed by atoms with Crippen LogP contribution in [0, 0.1) is 0 Å². The van der Waals surface area contributed by atoms with Gasteiger partial charge in [-0.05, 0) is 37.3 Å². The van der Waals surface area contributed by atoms with E-state index in [0.29, 0.717) is 0 Å². The second-order valence-corrected chi connectivity index (χ2v) is 4.88. The first-order valence-electron chi connectivity index (χ1n) is 6.92. The quantitative estimate of drug-likeness (QED) is 0.771. The minimum absolute atomic E-state index is 0.0997. The number of hydrogen-bond donors (Lipinski definition) is 2. The van der Waals surface area contributed by atoms with Crippen LogP contribution in [0.1, 0.15) is 24.8 Å². The lowest BCUT2D eigenvalue weighted by Crippen LogP contribution is -2.42. The SMILES string of the molecule is COCCCCNC(=O)C1CCc2ccccc2N1. The van der Waals surface area contributed by atoms with Crippen molar-refractivity contribution < 1.29 is 9.53 Å². The molecule has 0 saturated heterocycles. The Balaban J connectivity index is 1.76. The van der Waals surface area contributed by atoms with Crippen molar-refractivity contribution in [1.82, 2.24) is 5.32 Å². The van der Waals surface area contributed by atoms with Gasteiger partial charge in [0, 0.05) is 25.9 Å². The number of carbonyl (C=O) groups excluding carboxylic acids is 1. The molecule has 1 atom stereocenters. The average molecular weight is 262 g/mol. The fraction of sp³-hybridized carbons (Fsp3) is 0.533. The summed E-state index contributed by atoms with van der Waals surface area (Å²) in [5.74, 6) is 0.104. The first kappa shape index (κ1) is 13.9. The molecule has 1 aliphatic rings. The predicted molar refractivity (Wildman–Crippen MR) is 76.3 cm³/mol. The van der Waals surface area contributed by atoms with Gasteiger partial charge in [-0.25, -0.2) is 0 Å². The zero-order valence-corrected chi connectivity index (χ0v) is 11.4. The Kier molecular flexibility index (Phi) is 5.21. The summed E-state index contributed by atoms with van der Waals surface area (Å²) in [6.07, 6.45) is 3.77. The van der Waals surface area contributed by atoms with Crippen molar-refractivity contribution in [3.63, 3.8) is 0 Å². The maximum atomic E-state index is 12.0. The molecule has 2 rings (SSSR count). The maximum absolute atomic E-state index is 12.0. The molecule has 0 fully saturated rings. The van der Waals surface area contributed by atoms with Crippen LogP contribution in [0.3, 0.4) is 0 Å². The van der Waals surface area contributed by atoms with Crippen molar-refractivity contribution in [3.05, 3.63) is 29.8 Å².